The highest BCUT2D eigenvalue weighted by Crippen LogP contribution is 2.31. The standard InChI is InChI=1S/C24H32N4O3S2/c1-6-27(7-2)33(29,30)22-14-10-13-20(15-22)23-25-26-24(28(23)19(4)16-31-5)32-17-21-12-9-8-11-18(21)3/h8-15,19H,6-7,16-17H2,1-5H3. The molecule has 7 nitrogen and oxygen atoms in total. The van der Waals surface area contributed by atoms with Gasteiger partial charge in [0.15, 0.2) is 11.0 Å². The summed E-state index contributed by atoms with van der Waals surface area (Å²) in [6.07, 6.45) is 0. The minimum absolute atomic E-state index is 0.0255. The normalized spacial score (nSPS) is 12.9. The summed E-state index contributed by atoms with van der Waals surface area (Å²) in [6.45, 7) is 9.15. The highest BCUT2D eigenvalue weighted by atomic mass is 32.2. The number of ether oxygens (including phenoxy) is 1. The van der Waals surface area contributed by atoms with Crippen molar-refractivity contribution in [1.29, 1.82) is 0 Å². The van der Waals surface area contributed by atoms with Gasteiger partial charge in [-0.15, -0.1) is 10.2 Å². The minimum atomic E-state index is -3.57. The zero-order chi connectivity index (χ0) is 24.0. The van der Waals surface area contributed by atoms with Crippen molar-refractivity contribution in [2.24, 2.45) is 0 Å². The van der Waals surface area contributed by atoms with E-state index in [1.807, 2.05) is 43.5 Å². The molecule has 9 heteroatoms. The van der Waals surface area contributed by atoms with Crippen LogP contribution in [-0.2, 0) is 20.5 Å². The number of rotatable bonds is 11. The highest BCUT2D eigenvalue weighted by molar-refractivity contribution is 7.98. The summed E-state index contributed by atoms with van der Waals surface area (Å²) in [5.41, 5.74) is 3.18. The van der Waals surface area contributed by atoms with Gasteiger partial charge in [0.1, 0.15) is 0 Å². The molecule has 0 aliphatic heterocycles. The van der Waals surface area contributed by atoms with Crippen LogP contribution in [0.1, 0.15) is 37.9 Å². The first-order chi connectivity index (χ1) is 15.8. The lowest BCUT2D eigenvalue weighted by molar-refractivity contribution is 0.159. The van der Waals surface area contributed by atoms with E-state index in [-0.39, 0.29) is 10.9 Å². The van der Waals surface area contributed by atoms with Gasteiger partial charge in [0.25, 0.3) is 0 Å². The topological polar surface area (TPSA) is 77.3 Å². The van der Waals surface area contributed by atoms with E-state index in [0.717, 1.165) is 10.9 Å². The Morgan fingerprint density at radius 3 is 2.48 bits per heavy atom. The van der Waals surface area contributed by atoms with Gasteiger partial charge < -0.3 is 4.74 Å². The molecule has 0 bridgehead atoms. The molecule has 0 aliphatic carbocycles. The van der Waals surface area contributed by atoms with Crippen molar-refractivity contribution in [3.05, 3.63) is 59.7 Å². The fourth-order valence-electron chi connectivity index (χ4n) is 3.71. The van der Waals surface area contributed by atoms with Crippen molar-refractivity contribution in [3.8, 4) is 11.4 Å². The van der Waals surface area contributed by atoms with Crippen LogP contribution >= 0.6 is 11.8 Å². The number of hydrogen-bond acceptors (Lipinski definition) is 6. The Morgan fingerprint density at radius 1 is 1.09 bits per heavy atom. The van der Waals surface area contributed by atoms with E-state index in [1.165, 1.54) is 15.4 Å². The van der Waals surface area contributed by atoms with E-state index in [1.54, 1.807) is 37.1 Å². The Labute approximate surface area is 201 Å². The predicted molar refractivity (Wildman–Crippen MR) is 133 cm³/mol. The second kappa shape index (κ2) is 11.3. The molecule has 3 rings (SSSR count). The van der Waals surface area contributed by atoms with Gasteiger partial charge in [0.2, 0.25) is 10.0 Å². The van der Waals surface area contributed by atoms with Gasteiger partial charge in [-0.25, -0.2) is 8.42 Å². The maximum atomic E-state index is 13.1. The predicted octanol–water partition coefficient (Wildman–Crippen LogP) is 4.78. The van der Waals surface area contributed by atoms with Gasteiger partial charge in [0, 0.05) is 31.5 Å². The molecule has 1 unspecified atom stereocenters. The van der Waals surface area contributed by atoms with Crippen LogP contribution in [0.15, 0.2) is 58.6 Å². The number of benzene rings is 2. The molecule has 0 fully saturated rings. The lowest BCUT2D eigenvalue weighted by atomic mass is 10.1. The maximum Gasteiger partial charge on any atom is 0.243 e. The SMILES string of the molecule is CCN(CC)S(=O)(=O)c1cccc(-c2nnc(SCc3ccccc3C)n2C(C)COC)c1. The molecule has 0 spiro atoms. The summed E-state index contributed by atoms with van der Waals surface area (Å²) < 4.78 is 35.0. The van der Waals surface area contributed by atoms with Crippen LogP contribution < -0.4 is 0 Å². The van der Waals surface area contributed by atoms with Crippen molar-refractivity contribution < 1.29 is 13.2 Å². The van der Waals surface area contributed by atoms with Crippen molar-refractivity contribution in [2.75, 3.05) is 26.8 Å². The molecule has 2 aromatic carbocycles. The van der Waals surface area contributed by atoms with Crippen LogP contribution in [0, 0.1) is 6.92 Å². The van der Waals surface area contributed by atoms with E-state index in [2.05, 4.69) is 29.3 Å². The number of hydrogen-bond donors (Lipinski definition) is 0. The van der Waals surface area contributed by atoms with E-state index < -0.39 is 10.0 Å². The molecule has 33 heavy (non-hydrogen) atoms. The molecule has 0 aliphatic rings. The third-order valence-corrected chi connectivity index (χ3v) is 8.60. The van der Waals surface area contributed by atoms with Crippen molar-refractivity contribution in [2.45, 2.75) is 49.5 Å². The number of aryl methyl sites for hydroxylation is 1. The molecular weight excluding hydrogens is 456 g/mol. The van der Waals surface area contributed by atoms with Gasteiger partial charge in [-0.3, -0.25) is 4.57 Å². The quantitative estimate of drug-likeness (QED) is 0.361. The fourth-order valence-corrected chi connectivity index (χ4v) is 6.32. The van der Waals surface area contributed by atoms with Gasteiger partial charge in [-0.05, 0) is 37.1 Å². The van der Waals surface area contributed by atoms with Gasteiger partial charge in [0.05, 0.1) is 17.5 Å². The van der Waals surface area contributed by atoms with Gasteiger partial charge in [-0.1, -0.05) is 62.0 Å². The Kier molecular flexibility index (Phi) is 8.69. The average Bonchev–Trinajstić information content (AvgIpc) is 3.23. The van der Waals surface area contributed by atoms with Crippen molar-refractivity contribution >= 4 is 21.8 Å². The Morgan fingerprint density at radius 2 is 1.82 bits per heavy atom. The molecule has 0 N–H and O–H groups in total. The van der Waals surface area contributed by atoms with Crippen LogP contribution in [0.5, 0.6) is 0 Å². The highest BCUT2D eigenvalue weighted by Gasteiger charge is 2.24. The van der Waals surface area contributed by atoms with Crippen molar-refractivity contribution in [3.63, 3.8) is 0 Å². The number of sulfonamides is 1. The molecule has 0 amide bonds. The van der Waals surface area contributed by atoms with Crippen LogP contribution in [-0.4, -0.2) is 54.3 Å². The molecule has 178 valence electrons. The molecule has 0 saturated heterocycles. The lowest BCUT2D eigenvalue weighted by Gasteiger charge is -2.20. The van der Waals surface area contributed by atoms with E-state index >= 15 is 0 Å². The first-order valence-electron chi connectivity index (χ1n) is 11.0. The zero-order valence-electron chi connectivity index (χ0n) is 19.9. The number of thioether (sulfide) groups is 1. The molecule has 0 saturated carbocycles. The molecule has 1 atom stereocenters. The number of aromatic nitrogens is 3. The van der Waals surface area contributed by atoms with E-state index in [9.17, 15) is 8.42 Å². The maximum absolute atomic E-state index is 13.1. The van der Waals surface area contributed by atoms with E-state index in [0.29, 0.717) is 31.1 Å². The molecule has 3 aromatic rings. The molecular formula is C24H32N4O3S2. The summed E-state index contributed by atoms with van der Waals surface area (Å²) >= 11 is 1.61. The largest absolute Gasteiger partial charge is 0.383 e. The summed E-state index contributed by atoms with van der Waals surface area (Å²) in [5.74, 6) is 1.39. The first-order valence-corrected chi connectivity index (χ1v) is 13.5. The zero-order valence-corrected chi connectivity index (χ0v) is 21.5. The Bertz CT molecular complexity index is 1170. The summed E-state index contributed by atoms with van der Waals surface area (Å²) in [4.78, 5) is 0.256. The van der Waals surface area contributed by atoms with Gasteiger partial charge in [-0.2, -0.15) is 4.31 Å². The lowest BCUT2D eigenvalue weighted by Crippen LogP contribution is -2.30. The van der Waals surface area contributed by atoms with Crippen molar-refractivity contribution in [1.82, 2.24) is 19.1 Å². The molecule has 1 heterocycles. The second-order valence-corrected chi connectivity index (χ2v) is 10.7. The Balaban J connectivity index is 2.00. The summed E-state index contributed by atoms with van der Waals surface area (Å²) in [6, 6.07) is 15.2. The molecule has 1 aromatic heterocycles. The third-order valence-electron chi connectivity index (χ3n) is 5.57. The number of nitrogens with zero attached hydrogens (tertiary/aromatic N) is 4. The van der Waals surface area contributed by atoms with Crippen LogP contribution in [0.25, 0.3) is 11.4 Å². The van der Waals surface area contributed by atoms with E-state index in [4.69, 9.17) is 4.74 Å². The summed E-state index contributed by atoms with van der Waals surface area (Å²) in [7, 11) is -1.91. The average molecular weight is 489 g/mol. The number of methoxy groups -OCH3 is 1. The second-order valence-electron chi connectivity index (χ2n) is 7.81. The van der Waals surface area contributed by atoms with Crippen LogP contribution in [0.2, 0.25) is 0 Å². The first kappa shape index (κ1) is 25.4. The monoisotopic (exact) mass is 488 g/mol. The van der Waals surface area contributed by atoms with Crippen LogP contribution in [0.3, 0.4) is 0 Å². The van der Waals surface area contributed by atoms with Crippen LogP contribution in [0.4, 0.5) is 0 Å². The smallest absolute Gasteiger partial charge is 0.243 e. The molecule has 0 radical (unpaired) electrons. The third kappa shape index (κ3) is 5.66. The minimum Gasteiger partial charge on any atom is -0.383 e. The summed E-state index contributed by atoms with van der Waals surface area (Å²) in [5, 5.41) is 9.69. The van der Waals surface area contributed by atoms with Gasteiger partial charge >= 0.3 is 0 Å². The Hall–Kier alpha value is -2.20. The fraction of sp³-hybridized carbons (Fsp3) is 0.417.